The number of aryl methyl sites for hydroxylation is 1. The molecular formula is C25H24N4O5. The molecular weight excluding hydrogens is 436 g/mol. The summed E-state index contributed by atoms with van der Waals surface area (Å²) in [6.45, 7) is 5.75. The molecule has 9 heteroatoms. The van der Waals surface area contributed by atoms with Crippen molar-refractivity contribution < 1.29 is 24.0 Å². The molecule has 3 N–H and O–H groups in total. The Hall–Kier alpha value is -4.01. The van der Waals surface area contributed by atoms with E-state index in [0.29, 0.717) is 5.69 Å². The average molecular weight is 460 g/mol. The molecule has 1 saturated carbocycles. The van der Waals surface area contributed by atoms with Gasteiger partial charge in [0.25, 0.3) is 17.7 Å². The van der Waals surface area contributed by atoms with E-state index >= 15 is 0 Å². The lowest BCUT2D eigenvalue weighted by molar-refractivity contribution is -0.158. The molecule has 34 heavy (non-hydrogen) atoms. The van der Waals surface area contributed by atoms with Gasteiger partial charge in [0, 0.05) is 11.6 Å². The number of hydrogen-bond donors (Lipinski definition) is 3. The Morgan fingerprint density at radius 1 is 1.00 bits per heavy atom. The van der Waals surface area contributed by atoms with Crippen molar-refractivity contribution in [1.29, 1.82) is 0 Å². The second-order valence-electron chi connectivity index (χ2n) is 9.73. The van der Waals surface area contributed by atoms with Crippen molar-refractivity contribution in [3.05, 3.63) is 64.7 Å². The van der Waals surface area contributed by atoms with E-state index in [1.807, 2.05) is 45.0 Å². The Morgan fingerprint density at radius 3 is 2.29 bits per heavy atom. The highest BCUT2D eigenvalue weighted by molar-refractivity contribution is 6.25. The number of piperidine rings is 2. The number of nitrogens with zero attached hydrogens (tertiary/aromatic N) is 1. The Kier molecular flexibility index (Phi) is 4.65. The molecule has 0 radical (unpaired) electrons. The Bertz CT molecular complexity index is 1270. The smallest absolute Gasteiger partial charge is 0.319 e. The molecule has 4 aliphatic rings. The molecule has 6 amide bonds. The molecule has 0 atom stereocenters. The maximum atomic E-state index is 13.2. The fraction of sp³-hybridized carbons (Fsp3) is 0.320. The fourth-order valence-corrected chi connectivity index (χ4v) is 4.94. The molecule has 0 spiro atoms. The number of carbonyl (C=O) groups excluding carboxylic acids is 5. The normalized spacial score (nSPS) is 23.3. The minimum Gasteiger partial charge on any atom is -0.329 e. The van der Waals surface area contributed by atoms with Crippen molar-refractivity contribution in [2.24, 2.45) is 5.92 Å². The average Bonchev–Trinajstić information content (AvgIpc) is 2.97. The van der Waals surface area contributed by atoms with Crippen molar-refractivity contribution in [2.75, 3.05) is 5.32 Å². The maximum absolute atomic E-state index is 13.2. The first-order valence-corrected chi connectivity index (χ1v) is 11.1. The number of fused-ring (bicyclic) bond motifs is 3. The monoisotopic (exact) mass is 460 g/mol. The lowest BCUT2D eigenvalue weighted by Crippen LogP contribution is -2.74. The van der Waals surface area contributed by atoms with E-state index in [1.165, 1.54) is 18.2 Å². The number of urea groups is 1. The Labute approximate surface area is 195 Å². The second-order valence-corrected chi connectivity index (χ2v) is 9.73. The molecule has 1 aliphatic carbocycles. The van der Waals surface area contributed by atoms with Crippen LogP contribution in [0.3, 0.4) is 0 Å². The highest BCUT2D eigenvalue weighted by atomic mass is 16.2. The van der Waals surface area contributed by atoms with Gasteiger partial charge < -0.3 is 10.6 Å². The number of imide groups is 2. The van der Waals surface area contributed by atoms with Gasteiger partial charge in [-0.1, -0.05) is 29.8 Å². The summed E-state index contributed by atoms with van der Waals surface area (Å²) in [5, 5.41) is 7.88. The van der Waals surface area contributed by atoms with Gasteiger partial charge in [-0.05, 0) is 57.4 Å². The number of rotatable bonds is 4. The van der Waals surface area contributed by atoms with Gasteiger partial charge in [0.05, 0.1) is 16.7 Å². The van der Waals surface area contributed by atoms with Gasteiger partial charge in [-0.3, -0.25) is 29.4 Å². The van der Waals surface area contributed by atoms with Crippen molar-refractivity contribution in [2.45, 2.75) is 44.7 Å². The standard InChI is InChI=1S/C25H24N4O5/c1-13-4-6-15(7-5-13)24(2,3)28-23(34)26-16-8-9-17-18(10-16)21(32)29(20(17)31)25-11-14(12-25)19(30)27-22(25)33/h4-10,14H,11-12H2,1-3H3,(H2,26,28,34)(H,27,30,33). The third kappa shape index (κ3) is 3.19. The van der Waals surface area contributed by atoms with Crippen molar-refractivity contribution in [3.63, 3.8) is 0 Å². The molecule has 3 aliphatic heterocycles. The largest absolute Gasteiger partial charge is 0.329 e. The second kappa shape index (κ2) is 7.24. The summed E-state index contributed by atoms with van der Waals surface area (Å²) in [4.78, 5) is 64.1. The predicted molar refractivity (Wildman–Crippen MR) is 122 cm³/mol. The number of amides is 6. The fourth-order valence-electron chi connectivity index (χ4n) is 4.94. The van der Waals surface area contributed by atoms with Crippen LogP contribution in [0.15, 0.2) is 42.5 Å². The Balaban J connectivity index is 1.33. The van der Waals surface area contributed by atoms with Crippen LogP contribution in [0.4, 0.5) is 10.5 Å². The van der Waals surface area contributed by atoms with Crippen molar-refractivity contribution >= 4 is 35.3 Å². The molecule has 174 valence electrons. The van der Waals surface area contributed by atoms with Crippen LogP contribution in [-0.2, 0) is 15.1 Å². The van der Waals surface area contributed by atoms with E-state index in [-0.39, 0.29) is 35.8 Å². The number of benzene rings is 2. The third-order valence-electron chi connectivity index (χ3n) is 6.97. The van der Waals surface area contributed by atoms with Crippen LogP contribution in [0.5, 0.6) is 0 Å². The summed E-state index contributed by atoms with van der Waals surface area (Å²) >= 11 is 0. The minimum atomic E-state index is -1.32. The molecule has 2 saturated heterocycles. The number of carbonyl (C=O) groups is 5. The van der Waals surface area contributed by atoms with Gasteiger partial charge in [0.15, 0.2) is 0 Å². The number of anilines is 1. The van der Waals surface area contributed by atoms with Crippen LogP contribution in [0, 0.1) is 12.8 Å². The van der Waals surface area contributed by atoms with Crippen molar-refractivity contribution in [1.82, 2.24) is 15.5 Å². The maximum Gasteiger partial charge on any atom is 0.319 e. The molecule has 2 bridgehead atoms. The summed E-state index contributed by atoms with van der Waals surface area (Å²) in [6, 6.07) is 11.8. The predicted octanol–water partition coefficient (Wildman–Crippen LogP) is 2.45. The van der Waals surface area contributed by atoms with E-state index in [2.05, 4.69) is 16.0 Å². The molecule has 2 aromatic carbocycles. The van der Waals surface area contributed by atoms with Crippen LogP contribution in [-0.4, -0.2) is 40.1 Å². The minimum absolute atomic E-state index is 0.114. The summed E-state index contributed by atoms with van der Waals surface area (Å²) in [5.41, 5.74) is 0.691. The van der Waals surface area contributed by atoms with Crippen LogP contribution in [0.25, 0.3) is 0 Å². The van der Waals surface area contributed by atoms with Gasteiger partial charge in [-0.25, -0.2) is 4.79 Å². The van der Waals surface area contributed by atoms with Gasteiger partial charge in [0.1, 0.15) is 5.54 Å². The summed E-state index contributed by atoms with van der Waals surface area (Å²) in [6.07, 6.45) is 0.287. The summed E-state index contributed by atoms with van der Waals surface area (Å²) in [5.74, 6) is -2.54. The summed E-state index contributed by atoms with van der Waals surface area (Å²) in [7, 11) is 0. The van der Waals surface area contributed by atoms with Crippen LogP contribution < -0.4 is 16.0 Å². The zero-order chi connectivity index (χ0) is 24.4. The SMILES string of the molecule is Cc1ccc(C(C)(C)NC(=O)Nc2ccc3c(c2)C(=O)N(C24CC(C2)C(=O)NC4=O)C3=O)cc1. The van der Waals surface area contributed by atoms with E-state index < -0.39 is 34.8 Å². The molecule has 3 fully saturated rings. The summed E-state index contributed by atoms with van der Waals surface area (Å²) < 4.78 is 0. The number of hydrogen-bond acceptors (Lipinski definition) is 5. The van der Waals surface area contributed by atoms with E-state index in [9.17, 15) is 24.0 Å². The van der Waals surface area contributed by atoms with Gasteiger partial charge >= 0.3 is 6.03 Å². The zero-order valence-corrected chi connectivity index (χ0v) is 19.0. The van der Waals surface area contributed by atoms with Crippen molar-refractivity contribution in [3.8, 4) is 0 Å². The van der Waals surface area contributed by atoms with Crippen LogP contribution in [0.2, 0.25) is 0 Å². The molecule has 9 nitrogen and oxygen atoms in total. The van der Waals surface area contributed by atoms with E-state index in [0.717, 1.165) is 16.0 Å². The highest BCUT2D eigenvalue weighted by Crippen LogP contribution is 2.48. The molecule has 3 heterocycles. The van der Waals surface area contributed by atoms with E-state index in [4.69, 9.17) is 0 Å². The van der Waals surface area contributed by atoms with Gasteiger partial charge in [-0.2, -0.15) is 0 Å². The molecule has 2 aromatic rings. The third-order valence-corrected chi connectivity index (χ3v) is 6.97. The Morgan fingerprint density at radius 2 is 1.65 bits per heavy atom. The lowest BCUT2D eigenvalue weighted by atomic mass is 9.63. The molecule has 0 aromatic heterocycles. The first-order valence-electron chi connectivity index (χ1n) is 11.1. The number of nitrogens with one attached hydrogen (secondary N) is 3. The van der Waals surface area contributed by atoms with Gasteiger partial charge in [0.2, 0.25) is 5.91 Å². The quantitative estimate of drug-likeness (QED) is 0.605. The lowest BCUT2D eigenvalue weighted by Gasteiger charge is -2.52. The zero-order valence-electron chi connectivity index (χ0n) is 19.0. The first kappa shape index (κ1) is 21.8. The van der Waals surface area contributed by atoms with Gasteiger partial charge in [-0.15, -0.1) is 0 Å². The van der Waals surface area contributed by atoms with E-state index in [1.54, 1.807) is 0 Å². The highest BCUT2D eigenvalue weighted by Gasteiger charge is 2.65. The van der Waals surface area contributed by atoms with Crippen LogP contribution in [0.1, 0.15) is 58.5 Å². The molecule has 0 unspecified atom stereocenters. The topological polar surface area (TPSA) is 125 Å². The first-order chi connectivity index (χ1) is 16.0. The molecule has 6 rings (SSSR count). The van der Waals surface area contributed by atoms with Crippen LogP contribution >= 0.6 is 0 Å².